The van der Waals surface area contributed by atoms with Crippen LogP contribution in [0.15, 0.2) is 60.7 Å². The Bertz CT molecular complexity index is 1290. The standard InChI is InChI=1S/C27H26N2O7/c1-33-23-12-10-19(15-22(23)29(31)32)11-13-26(30)28-21-7-5-6-18(14-21)8-9-20-16-24(34-2)27(36-4)25(17-20)35-3/h5-17H,1-4H3,(H,28,30)/b9-8?,13-11+. The maximum absolute atomic E-state index is 12.4. The molecule has 0 radical (unpaired) electrons. The number of nitrogens with one attached hydrogen (secondary N) is 1. The topological polar surface area (TPSA) is 109 Å². The summed E-state index contributed by atoms with van der Waals surface area (Å²) in [5, 5.41) is 14.0. The minimum atomic E-state index is -0.534. The Labute approximate surface area is 208 Å². The highest BCUT2D eigenvalue weighted by atomic mass is 16.6. The first-order valence-electron chi connectivity index (χ1n) is 10.8. The van der Waals surface area contributed by atoms with Crippen molar-refractivity contribution in [2.24, 2.45) is 0 Å². The largest absolute Gasteiger partial charge is 0.493 e. The van der Waals surface area contributed by atoms with Crippen molar-refractivity contribution in [2.75, 3.05) is 33.8 Å². The number of rotatable bonds is 10. The lowest BCUT2D eigenvalue weighted by Gasteiger charge is -2.12. The van der Waals surface area contributed by atoms with Crippen LogP contribution in [0.5, 0.6) is 23.0 Å². The summed E-state index contributed by atoms with van der Waals surface area (Å²) in [6, 6.07) is 15.4. The Morgan fingerprint density at radius 2 is 1.42 bits per heavy atom. The lowest BCUT2D eigenvalue weighted by Crippen LogP contribution is -2.07. The number of hydrogen-bond donors (Lipinski definition) is 1. The molecule has 0 aliphatic carbocycles. The van der Waals surface area contributed by atoms with E-state index < -0.39 is 4.92 Å². The van der Waals surface area contributed by atoms with Gasteiger partial charge in [-0.3, -0.25) is 14.9 Å². The van der Waals surface area contributed by atoms with Crippen LogP contribution >= 0.6 is 0 Å². The molecule has 3 aromatic carbocycles. The predicted molar refractivity (Wildman–Crippen MR) is 139 cm³/mol. The molecule has 3 aromatic rings. The van der Waals surface area contributed by atoms with Crippen LogP contribution < -0.4 is 24.3 Å². The molecule has 0 spiro atoms. The molecule has 1 amide bonds. The van der Waals surface area contributed by atoms with Gasteiger partial charge in [0.05, 0.1) is 33.4 Å². The molecule has 9 nitrogen and oxygen atoms in total. The number of benzene rings is 3. The summed E-state index contributed by atoms with van der Waals surface area (Å²) in [6.07, 6.45) is 6.59. The number of methoxy groups -OCH3 is 4. The molecule has 0 aliphatic rings. The molecule has 0 aliphatic heterocycles. The highest BCUT2D eigenvalue weighted by molar-refractivity contribution is 6.02. The molecule has 0 fully saturated rings. The monoisotopic (exact) mass is 490 g/mol. The zero-order chi connectivity index (χ0) is 26.1. The fourth-order valence-electron chi connectivity index (χ4n) is 3.42. The number of nitro groups is 1. The molecular formula is C27H26N2O7. The van der Waals surface area contributed by atoms with Crippen LogP contribution in [0.1, 0.15) is 16.7 Å². The summed E-state index contributed by atoms with van der Waals surface area (Å²) in [5.41, 5.74) is 2.62. The van der Waals surface area contributed by atoms with Crippen molar-refractivity contribution in [1.29, 1.82) is 0 Å². The Hall–Kier alpha value is -4.79. The second kappa shape index (κ2) is 12.1. The molecule has 36 heavy (non-hydrogen) atoms. The van der Waals surface area contributed by atoms with Crippen LogP contribution in [0.3, 0.4) is 0 Å². The number of carbonyl (C=O) groups excluding carboxylic acids is 1. The summed E-state index contributed by atoms with van der Waals surface area (Å²) in [6.45, 7) is 0. The number of amides is 1. The molecule has 0 bridgehead atoms. The van der Waals surface area contributed by atoms with E-state index in [4.69, 9.17) is 18.9 Å². The van der Waals surface area contributed by atoms with Crippen molar-refractivity contribution >= 4 is 35.5 Å². The second-order valence-electron chi connectivity index (χ2n) is 7.43. The molecule has 9 heteroatoms. The molecular weight excluding hydrogens is 464 g/mol. The molecule has 1 N–H and O–H groups in total. The maximum atomic E-state index is 12.4. The zero-order valence-corrected chi connectivity index (χ0v) is 20.3. The fraction of sp³-hybridized carbons (Fsp3) is 0.148. The van der Waals surface area contributed by atoms with Crippen molar-refractivity contribution in [3.63, 3.8) is 0 Å². The zero-order valence-electron chi connectivity index (χ0n) is 20.3. The van der Waals surface area contributed by atoms with E-state index in [1.807, 2.05) is 42.5 Å². The van der Waals surface area contributed by atoms with Crippen LogP contribution in [0, 0.1) is 10.1 Å². The molecule has 0 atom stereocenters. The van der Waals surface area contributed by atoms with Crippen LogP contribution in [-0.4, -0.2) is 39.3 Å². The Balaban J connectivity index is 1.72. The van der Waals surface area contributed by atoms with E-state index in [0.29, 0.717) is 28.5 Å². The summed E-state index contributed by atoms with van der Waals surface area (Å²) in [5.74, 6) is 1.38. The van der Waals surface area contributed by atoms with Gasteiger partial charge >= 0.3 is 5.69 Å². The molecule has 0 heterocycles. The van der Waals surface area contributed by atoms with E-state index in [2.05, 4.69) is 5.32 Å². The van der Waals surface area contributed by atoms with E-state index in [1.54, 1.807) is 33.5 Å². The highest BCUT2D eigenvalue weighted by Gasteiger charge is 2.14. The lowest BCUT2D eigenvalue weighted by molar-refractivity contribution is -0.385. The maximum Gasteiger partial charge on any atom is 0.311 e. The van der Waals surface area contributed by atoms with Crippen molar-refractivity contribution in [3.05, 3.63) is 87.5 Å². The molecule has 186 valence electrons. The third kappa shape index (κ3) is 6.41. The van der Waals surface area contributed by atoms with E-state index >= 15 is 0 Å². The van der Waals surface area contributed by atoms with Gasteiger partial charge in [0.1, 0.15) is 0 Å². The van der Waals surface area contributed by atoms with Gasteiger partial charge in [0.15, 0.2) is 17.2 Å². The Morgan fingerprint density at radius 3 is 2.03 bits per heavy atom. The van der Waals surface area contributed by atoms with Crippen LogP contribution in [-0.2, 0) is 4.79 Å². The van der Waals surface area contributed by atoms with Gasteiger partial charge in [-0.1, -0.05) is 30.4 Å². The van der Waals surface area contributed by atoms with Gasteiger partial charge in [-0.2, -0.15) is 0 Å². The Kier molecular flexibility index (Phi) is 8.66. The van der Waals surface area contributed by atoms with Crippen molar-refractivity contribution in [1.82, 2.24) is 0 Å². The number of anilines is 1. The van der Waals surface area contributed by atoms with Gasteiger partial charge in [0.2, 0.25) is 11.7 Å². The minimum absolute atomic E-state index is 0.151. The predicted octanol–water partition coefficient (Wildman–Crippen LogP) is 5.45. The average molecular weight is 491 g/mol. The first-order valence-corrected chi connectivity index (χ1v) is 10.8. The summed E-state index contributed by atoms with van der Waals surface area (Å²) >= 11 is 0. The fourth-order valence-corrected chi connectivity index (χ4v) is 3.42. The van der Waals surface area contributed by atoms with Crippen LogP contribution in [0.4, 0.5) is 11.4 Å². The van der Waals surface area contributed by atoms with Crippen molar-refractivity contribution in [3.8, 4) is 23.0 Å². The third-order valence-electron chi connectivity index (χ3n) is 5.14. The molecule has 0 saturated carbocycles. The van der Waals surface area contributed by atoms with Crippen molar-refractivity contribution < 1.29 is 28.7 Å². The first kappa shape index (κ1) is 25.8. The number of carbonyl (C=O) groups is 1. The first-order chi connectivity index (χ1) is 17.4. The molecule has 0 saturated heterocycles. The van der Waals surface area contributed by atoms with Crippen LogP contribution in [0.2, 0.25) is 0 Å². The van der Waals surface area contributed by atoms with Gasteiger partial charge in [0, 0.05) is 17.8 Å². The molecule has 0 aromatic heterocycles. The van der Waals surface area contributed by atoms with E-state index in [9.17, 15) is 14.9 Å². The minimum Gasteiger partial charge on any atom is -0.493 e. The number of nitrogens with zero attached hydrogens (tertiary/aromatic N) is 1. The van der Waals surface area contributed by atoms with Crippen LogP contribution in [0.25, 0.3) is 18.2 Å². The van der Waals surface area contributed by atoms with E-state index in [1.165, 1.54) is 31.4 Å². The van der Waals surface area contributed by atoms with Crippen molar-refractivity contribution in [2.45, 2.75) is 0 Å². The van der Waals surface area contributed by atoms with E-state index in [-0.39, 0.29) is 17.3 Å². The number of hydrogen-bond acceptors (Lipinski definition) is 7. The smallest absolute Gasteiger partial charge is 0.311 e. The van der Waals surface area contributed by atoms with Gasteiger partial charge in [-0.25, -0.2) is 0 Å². The summed E-state index contributed by atoms with van der Waals surface area (Å²) in [4.78, 5) is 23.1. The summed E-state index contributed by atoms with van der Waals surface area (Å²) in [7, 11) is 6.02. The number of nitro benzene ring substituents is 1. The van der Waals surface area contributed by atoms with Gasteiger partial charge in [-0.05, 0) is 53.1 Å². The molecule has 3 rings (SSSR count). The SMILES string of the molecule is COc1ccc(/C=C/C(=O)Nc2cccc(C=Cc3cc(OC)c(OC)c(OC)c3)c2)cc1[N+](=O)[O-]. The average Bonchev–Trinajstić information content (AvgIpc) is 2.89. The quantitative estimate of drug-likeness (QED) is 0.174. The normalized spacial score (nSPS) is 10.9. The Morgan fingerprint density at radius 1 is 0.778 bits per heavy atom. The van der Waals surface area contributed by atoms with Gasteiger partial charge in [-0.15, -0.1) is 0 Å². The van der Waals surface area contributed by atoms with Gasteiger partial charge < -0.3 is 24.3 Å². The highest BCUT2D eigenvalue weighted by Crippen LogP contribution is 2.38. The lowest BCUT2D eigenvalue weighted by atomic mass is 10.1. The third-order valence-corrected chi connectivity index (χ3v) is 5.14. The van der Waals surface area contributed by atoms with Gasteiger partial charge in [0.25, 0.3) is 0 Å². The molecule has 0 unspecified atom stereocenters. The number of ether oxygens (including phenoxy) is 4. The van der Waals surface area contributed by atoms with E-state index in [0.717, 1.165) is 11.1 Å². The summed E-state index contributed by atoms with van der Waals surface area (Å²) < 4.78 is 21.1. The second-order valence-corrected chi connectivity index (χ2v) is 7.43.